The summed E-state index contributed by atoms with van der Waals surface area (Å²) in [4.78, 5) is 11.4. The SMILES string of the molecule is CC(N)CC(=O)NC(C)C1CCOC1. The molecule has 0 aromatic carbocycles. The fourth-order valence-corrected chi connectivity index (χ4v) is 1.67. The van der Waals surface area contributed by atoms with Crippen molar-refractivity contribution in [1.82, 2.24) is 5.32 Å². The third-order valence-corrected chi connectivity index (χ3v) is 2.57. The van der Waals surface area contributed by atoms with Crippen molar-refractivity contribution in [3.8, 4) is 0 Å². The predicted octanol–water partition coefficient (Wildman–Crippen LogP) is 0.265. The number of nitrogens with two attached hydrogens (primary N) is 1. The lowest BCUT2D eigenvalue weighted by atomic mass is 10.0. The van der Waals surface area contributed by atoms with Crippen LogP contribution in [0.5, 0.6) is 0 Å². The zero-order valence-electron chi connectivity index (χ0n) is 8.95. The standard InChI is InChI=1S/C10H20N2O2/c1-7(11)5-10(13)12-8(2)9-3-4-14-6-9/h7-9H,3-6,11H2,1-2H3,(H,12,13). The highest BCUT2D eigenvalue weighted by Crippen LogP contribution is 2.16. The van der Waals surface area contributed by atoms with Gasteiger partial charge >= 0.3 is 0 Å². The fourth-order valence-electron chi connectivity index (χ4n) is 1.67. The average molecular weight is 200 g/mol. The Morgan fingerprint density at radius 3 is 2.86 bits per heavy atom. The summed E-state index contributed by atoms with van der Waals surface area (Å²) >= 11 is 0. The molecule has 0 spiro atoms. The highest BCUT2D eigenvalue weighted by Gasteiger charge is 2.23. The van der Waals surface area contributed by atoms with Crippen molar-refractivity contribution in [2.75, 3.05) is 13.2 Å². The third-order valence-electron chi connectivity index (χ3n) is 2.57. The van der Waals surface area contributed by atoms with Crippen LogP contribution in [0.25, 0.3) is 0 Å². The van der Waals surface area contributed by atoms with Gasteiger partial charge in [-0.3, -0.25) is 4.79 Å². The molecule has 0 aromatic heterocycles. The smallest absolute Gasteiger partial charge is 0.221 e. The number of amides is 1. The molecule has 1 saturated heterocycles. The summed E-state index contributed by atoms with van der Waals surface area (Å²) in [5.74, 6) is 0.506. The summed E-state index contributed by atoms with van der Waals surface area (Å²) < 4.78 is 5.26. The zero-order chi connectivity index (χ0) is 10.6. The van der Waals surface area contributed by atoms with E-state index < -0.39 is 0 Å². The van der Waals surface area contributed by atoms with E-state index in [2.05, 4.69) is 5.32 Å². The Bertz CT molecular complexity index is 189. The highest BCUT2D eigenvalue weighted by atomic mass is 16.5. The number of carbonyl (C=O) groups excluding carboxylic acids is 1. The molecule has 14 heavy (non-hydrogen) atoms. The first-order chi connectivity index (χ1) is 6.59. The molecule has 1 amide bonds. The molecule has 1 aliphatic heterocycles. The second kappa shape index (κ2) is 5.32. The van der Waals surface area contributed by atoms with Crippen molar-refractivity contribution in [3.05, 3.63) is 0 Å². The summed E-state index contributed by atoms with van der Waals surface area (Å²) in [6.07, 6.45) is 1.44. The number of rotatable bonds is 4. The Hall–Kier alpha value is -0.610. The molecule has 3 atom stereocenters. The van der Waals surface area contributed by atoms with Gasteiger partial charge in [0.25, 0.3) is 0 Å². The maximum absolute atomic E-state index is 11.4. The summed E-state index contributed by atoms with van der Waals surface area (Å²) in [6.45, 7) is 5.44. The van der Waals surface area contributed by atoms with Gasteiger partial charge in [0.1, 0.15) is 0 Å². The molecule has 4 heteroatoms. The van der Waals surface area contributed by atoms with Crippen molar-refractivity contribution in [3.63, 3.8) is 0 Å². The molecule has 0 radical (unpaired) electrons. The predicted molar refractivity (Wildman–Crippen MR) is 54.8 cm³/mol. The van der Waals surface area contributed by atoms with E-state index in [0.717, 1.165) is 19.6 Å². The van der Waals surface area contributed by atoms with Crippen LogP contribution in [0, 0.1) is 5.92 Å². The summed E-state index contributed by atoms with van der Waals surface area (Å²) in [5.41, 5.74) is 5.54. The molecular formula is C10H20N2O2. The first kappa shape index (κ1) is 11.5. The monoisotopic (exact) mass is 200 g/mol. The zero-order valence-corrected chi connectivity index (χ0v) is 8.95. The number of hydrogen-bond donors (Lipinski definition) is 2. The van der Waals surface area contributed by atoms with Crippen LogP contribution in [0.4, 0.5) is 0 Å². The third kappa shape index (κ3) is 3.64. The topological polar surface area (TPSA) is 64.4 Å². The number of nitrogens with one attached hydrogen (secondary N) is 1. The van der Waals surface area contributed by atoms with Gasteiger partial charge in [-0.25, -0.2) is 0 Å². The molecule has 82 valence electrons. The van der Waals surface area contributed by atoms with Crippen molar-refractivity contribution >= 4 is 5.91 Å². The molecule has 1 fully saturated rings. The van der Waals surface area contributed by atoms with Gasteiger partial charge in [0.2, 0.25) is 5.91 Å². The van der Waals surface area contributed by atoms with Crippen LogP contribution < -0.4 is 11.1 Å². The lowest BCUT2D eigenvalue weighted by Gasteiger charge is -2.19. The van der Waals surface area contributed by atoms with E-state index in [1.165, 1.54) is 0 Å². The second-order valence-electron chi connectivity index (χ2n) is 4.16. The normalized spacial score (nSPS) is 25.8. The van der Waals surface area contributed by atoms with Gasteiger partial charge in [-0.05, 0) is 20.3 Å². The molecule has 3 unspecified atom stereocenters. The number of carbonyl (C=O) groups is 1. The maximum Gasteiger partial charge on any atom is 0.221 e. The summed E-state index contributed by atoms with van der Waals surface area (Å²) in [6, 6.07) is 0.130. The van der Waals surface area contributed by atoms with Crippen LogP contribution in [0.1, 0.15) is 26.7 Å². The minimum Gasteiger partial charge on any atom is -0.381 e. The lowest BCUT2D eigenvalue weighted by molar-refractivity contribution is -0.122. The minimum atomic E-state index is -0.0676. The molecule has 0 aromatic rings. The molecule has 3 N–H and O–H groups in total. The summed E-state index contributed by atoms with van der Waals surface area (Å²) in [5, 5.41) is 2.95. The minimum absolute atomic E-state index is 0.0411. The van der Waals surface area contributed by atoms with Gasteiger partial charge in [0, 0.05) is 31.0 Å². The van der Waals surface area contributed by atoms with Crippen LogP contribution in [0.2, 0.25) is 0 Å². The first-order valence-electron chi connectivity index (χ1n) is 5.22. The van der Waals surface area contributed by atoms with Crippen LogP contribution in [0.3, 0.4) is 0 Å². The van der Waals surface area contributed by atoms with E-state index >= 15 is 0 Å². The summed E-state index contributed by atoms with van der Waals surface area (Å²) in [7, 11) is 0. The maximum atomic E-state index is 11.4. The van der Waals surface area contributed by atoms with Gasteiger partial charge < -0.3 is 15.8 Å². The van der Waals surface area contributed by atoms with Gasteiger partial charge in [0.05, 0.1) is 6.61 Å². The second-order valence-corrected chi connectivity index (χ2v) is 4.16. The molecule has 1 rings (SSSR count). The van der Waals surface area contributed by atoms with Crippen molar-refractivity contribution < 1.29 is 9.53 Å². The molecule has 4 nitrogen and oxygen atoms in total. The van der Waals surface area contributed by atoms with Gasteiger partial charge in [0.15, 0.2) is 0 Å². The van der Waals surface area contributed by atoms with Crippen molar-refractivity contribution in [1.29, 1.82) is 0 Å². The molecule has 1 heterocycles. The molecule has 1 aliphatic rings. The van der Waals surface area contributed by atoms with Gasteiger partial charge in [-0.1, -0.05) is 0 Å². The van der Waals surface area contributed by atoms with Gasteiger partial charge in [-0.2, -0.15) is 0 Å². The average Bonchev–Trinajstić information content (AvgIpc) is 2.53. The van der Waals surface area contributed by atoms with E-state index in [9.17, 15) is 4.79 Å². The molecular weight excluding hydrogens is 180 g/mol. The van der Waals surface area contributed by atoms with E-state index in [1.54, 1.807) is 0 Å². The quantitative estimate of drug-likeness (QED) is 0.684. The molecule has 0 saturated carbocycles. The Balaban J connectivity index is 2.24. The molecule has 0 bridgehead atoms. The highest BCUT2D eigenvalue weighted by molar-refractivity contribution is 5.76. The fraction of sp³-hybridized carbons (Fsp3) is 0.900. The number of hydrogen-bond acceptors (Lipinski definition) is 3. The first-order valence-corrected chi connectivity index (χ1v) is 5.22. The largest absolute Gasteiger partial charge is 0.381 e. The number of ether oxygens (including phenoxy) is 1. The van der Waals surface area contributed by atoms with E-state index in [1.807, 2.05) is 13.8 Å². The Labute approximate surface area is 85.2 Å². The van der Waals surface area contributed by atoms with Crippen molar-refractivity contribution in [2.24, 2.45) is 11.7 Å². The lowest BCUT2D eigenvalue weighted by Crippen LogP contribution is -2.40. The van der Waals surface area contributed by atoms with E-state index in [-0.39, 0.29) is 18.0 Å². The Morgan fingerprint density at radius 1 is 1.64 bits per heavy atom. The molecule has 0 aliphatic carbocycles. The Kier molecular flexibility index (Phi) is 4.35. The van der Waals surface area contributed by atoms with E-state index in [4.69, 9.17) is 10.5 Å². The van der Waals surface area contributed by atoms with Crippen LogP contribution >= 0.6 is 0 Å². The van der Waals surface area contributed by atoms with Crippen LogP contribution in [-0.4, -0.2) is 31.2 Å². The van der Waals surface area contributed by atoms with Crippen LogP contribution in [0.15, 0.2) is 0 Å². The van der Waals surface area contributed by atoms with E-state index in [0.29, 0.717) is 12.3 Å². The van der Waals surface area contributed by atoms with Gasteiger partial charge in [-0.15, -0.1) is 0 Å². The Morgan fingerprint density at radius 2 is 2.36 bits per heavy atom. The van der Waals surface area contributed by atoms with Crippen molar-refractivity contribution in [2.45, 2.75) is 38.8 Å². The van der Waals surface area contributed by atoms with Crippen LogP contribution in [-0.2, 0) is 9.53 Å².